The zero-order valence-electron chi connectivity index (χ0n) is 35.2. The number of hydrogen-bond donors (Lipinski definition) is 1. The van der Waals surface area contributed by atoms with Crippen molar-refractivity contribution in [1.29, 1.82) is 0 Å². The molecule has 1 unspecified atom stereocenters. The van der Waals surface area contributed by atoms with E-state index >= 15 is 0 Å². The highest BCUT2D eigenvalue weighted by molar-refractivity contribution is 9.09. The second-order valence-corrected chi connectivity index (χ2v) is 13.4. The molecule has 332 valence electrons. The number of carbonyl (C=O) groups is 1. The Morgan fingerprint density at radius 3 is 1.60 bits per heavy atom. The van der Waals surface area contributed by atoms with Crippen molar-refractivity contribution < 1.29 is 71.5 Å². The summed E-state index contributed by atoms with van der Waals surface area (Å²) in [6.45, 7) is 5.24. The van der Waals surface area contributed by atoms with E-state index in [9.17, 15) is 9.90 Å². The quantitative estimate of drug-likeness (QED) is 0.0315. The molecule has 0 saturated heterocycles. The number of Topliss-reactive ketones (excluding diaryl/α,β-unsaturated/α-hetero) is 1. The van der Waals surface area contributed by atoms with Crippen LogP contribution in [0.2, 0.25) is 0 Å². The van der Waals surface area contributed by atoms with Gasteiger partial charge in [0.1, 0.15) is 46.7 Å². The van der Waals surface area contributed by atoms with Gasteiger partial charge in [-0.1, -0.05) is 70.6 Å². The van der Waals surface area contributed by atoms with Gasteiger partial charge in [0.05, 0.1) is 52.9 Å². The molecule has 0 aromatic heterocycles. The van der Waals surface area contributed by atoms with Crippen molar-refractivity contribution in [3.05, 3.63) is 95.6 Å². The number of carbonyl (C=O) groups excluding carboxylic acids is 1. The van der Waals surface area contributed by atoms with Gasteiger partial charge in [-0.2, -0.15) is 0 Å². The zero-order valence-corrected chi connectivity index (χ0v) is 36.7. The number of rotatable bonds is 30. The molecule has 0 aliphatic heterocycles. The fraction of sp³-hybridized carbons (Fsp3) is 0.477. The third kappa shape index (κ3) is 17.8. The summed E-state index contributed by atoms with van der Waals surface area (Å²) in [4.78, 5) is 12.4. The second kappa shape index (κ2) is 29.9. The zero-order chi connectivity index (χ0) is 43.3. The minimum atomic E-state index is -0.436. The summed E-state index contributed by atoms with van der Waals surface area (Å²) in [5, 5.41) is 11.5. The van der Waals surface area contributed by atoms with E-state index in [1.54, 1.807) is 52.7 Å². The van der Waals surface area contributed by atoms with Crippen LogP contribution in [0.25, 0.3) is 0 Å². The van der Waals surface area contributed by atoms with Gasteiger partial charge in [-0.05, 0) is 18.9 Å². The van der Waals surface area contributed by atoms with Crippen molar-refractivity contribution in [1.82, 2.24) is 0 Å². The SMILES string of the molecule is COCCOCOc1cc(O)c(C2(CBr)C=CC=CC2)c(OCOCCOC)c1.COCCOCOc1cc(OCOCCOC)c(C(C)=O)c(OCc2ccccc2)c1. The number of phenolic OH excluding ortho intramolecular Hbond substituents is 1. The highest BCUT2D eigenvalue weighted by Gasteiger charge is 2.35. The van der Waals surface area contributed by atoms with E-state index in [0.29, 0.717) is 105 Å². The fourth-order valence-electron chi connectivity index (χ4n) is 5.48. The maximum Gasteiger partial charge on any atom is 0.189 e. The number of alkyl halides is 1. The van der Waals surface area contributed by atoms with Gasteiger partial charge in [-0.3, -0.25) is 4.79 Å². The van der Waals surface area contributed by atoms with Gasteiger partial charge in [0.25, 0.3) is 0 Å². The van der Waals surface area contributed by atoms with Crippen molar-refractivity contribution in [3.8, 4) is 34.5 Å². The molecule has 0 amide bonds. The smallest absolute Gasteiger partial charge is 0.189 e. The molecule has 3 aromatic rings. The number of ketones is 1. The molecular weight excluding hydrogens is 848 g/mol. The summed E-state index contributed by atoms with van der Waals surface area (Å²) in [6.07, 6.45) is 8.80. The Kier molecular flexibility index (Phi) is 25.0. The molecule has 1 aliphatic carbocycles. The van der Waals surface area contributed by atoms with E-state index in [0.717, 1.165) is 12.0 Å². The Morgan fingerprint density at radius 1 is 0.633 bits per heavy atom. The maximum absolute atomic E-state index is 12.4. The monoisotopic (exact) mass is 906 g/mol. The lowest BCUT2D eigenvalue weighted by molar-refractivity contribution is -0.0124. The molecule has 1 aliphatic rings. The first-order chi connectivity index (χ1) is 29.3. The highest BCUT2D eigenvalue weighted by atomic mass is 79.9. The van der Waals surface area contributed by atoms with Gasteiger partial charge < -0.3 is 66.7 Å². The Morgan fingerprint density at radius 2 is 1.12 bits per heavy atom. The molecule has 0 fully saturated rings. The molecule has 0 bridgehead atoms. The predicted octanol–water partition coefficient (Wildman–Crippen LogP) is 7.01. The summed E-state index contributed by atoms with van der Waals surface area (Å²) >= 11 is 3.60. The molecule has 3 aromatic carbocycles. The van der Waals surface area contributed by atoms with Crippen LogP contribution < -0.4 is 23.7 Å². The molecule has 0 heterocycles. The van der Waals surface area contributed by atoms with Crippen molar-refractivity contribution in [2.24, 2.45) is 0 Å². The molecule has 1 N–H and O–H groups in total. The lowest BCUT2D eigenvalue weighted by atomic mass is 9.76. The van der Waals surface area contributed by atoms with Crippen LogP contribution in [-0.2, 0) is 49.9 Å². The number of aromatic hydroxyl groups is 1. The molecule has 0 spiro atoms. The number of halogens is 1. The van der Waals surface area contributed by atoms with E-state index in [4.69, 9.17) is 61.6 Å². The molecule has 60 heavy (non-hydrogen) atoms. The highest BCUT2D eigenvalue weighted by Crippen LogP contribution is 2.46. The van der Waals surface area contributed by atoms with Crippen molar-refractivity contribution >= 4 is 21.7 Å². The number of methoxy groups -OCH3 is 4. The van der Waals surface area contributed by atoms with Crippen LogP contribution in [0.15, 0.2) is 78.9 Å². The molecular formula is C44H59BrO15. The van der Waals surface area contributed by atoms with Crippen LogP contribution in [-0.4, -0.2) is 125 Å². The van der Waals surface area contributed by atoms with Crippen LogP contribution in [0.4, 0.5) is 0 Å². The molecule has 0 saturated carbocycles. The van der Waals surface area contributed by atoms with Gasteiger partial charge in [0.2, 0.25) is 0 Å². The van der Waals surface area contributed by atoms with Crippen molar-refractivity contribution in [2.75, 3.05) is 114 Å². The Hall–Kier alpha value is -4.23. The largest absolute Gasteiger partial charge is 0.507 e. The van der Waals surface area contributed by atoms with Gasteiger partial charge in [-0.25, -0.2) is 0 Å². The maximum atomic E-state index is 12.4. The summed E-state index contributed by atoms with van der Waals surface area (Å²) < 4.78 is 70.1. The molecule has 4 rings (SSSR count). The van der Waals surface area contributed by atoms with Gasteiger partial charge in [0.15, 0.2) is 33.0 Å². The van der Waals surface area contributed by atoms with Crippen molar-refractivity contribution in [2.45, 2.75) is 25.4 Å². The van der Waals surface area contributed by atoms with E-state index in [1.165, 1.54) is 6.92 Å². The van der Waals surface area contributed by atoms with Crippen molar-refractivity contribution in [3.63, 3.8) is 0 Å². The topological polar surface area (TPSA) is 157 Å². The van der Waals surface area contributed by atoms with Gasteiger partial charge in [0, 0.05) is 69.0 Å². The number of phenols is 1. The molecule has 0 radical (unpaired) electrons. The lowest BCUT2D eigenvalue weighted by Gasteiger charge is -2.32. The van der Waals surface area contributed by atoms with E-state index in [1.807, 2.05) is 42.5 Å². The molecule has 16 heteroatoms. The first-order valence-corrected chi connectivity index (χ1v) is 20.4. The average molecular weight is 908 g/mol. The van der Waals surface area contributed by atoms with E-state index in [2.05, 4.69) is 28.1 Å². The van der Waals surface area contributed by atoms with Crippen LogP contribution in [0.1, 0.15) is 34.8 Å². The average Bonchev–Trinajstić information content (AvgIpc) is 3.26. The number of hydrogen-bond acceptors (Lipinski definition) is 15. The Bertz CT molecular complexity index is 1700. The number of allylic oxidation sites excluding steroid dienone is 4. The first kappa shape index (κ1) is 50.1. The predicted molar refractivity (Wildman–Crippen MR) is 227 cm³/mol. The van der Waals surface area contributed by atoms with Crippen LogP contribution in [0.3, 0.4) is 0 Å². The minimum Gasteiger partial charge on any atom is -0.507 e. The molecule has 1 atom stereocenters. The van der Waals surface area contributed by atoms with Crippen LogP contribution in [0.5, 0.6) is 34.5 Å². The summed E-state index contributed by atoms with van der Waals surface area (Å²) in [5.74, 6) is 1.94. The molecule has 15 nitrogen and oxygen atoms in total. The normalized spacial score (nSPS) is 14.3. The van der Waals surface area contributed by atoms with Crippen LogP contribution in [0, 0.1) is 0 Å². The summed E-state index contributed by atoms with van der Waals surface area (Å²) in [5.41, 5.74) is 1.53. The second-order valence-electron chi connectivity index (χ2n) is 12.9. The standard InChI is InChI=1S/C23H30O8.C21H29BrO7/c1-18(24)23-21(29-15-19-7-5-4-6-8-19)13-20(30-16-27-11-9-25-2)14-22(23)31-17-28-12-10-26-3;1-24-8-10-26-15-28-17-12-18(23)20(21(14-22)6-4-3-5-7-21)19(13-17)29-16-27-11-9-25-2/h4-8,13-14H,9-12,15-17H2,1-3H3;3-6,12-13,23H,7-11,14-16H2,1-2H3. The summed E-state index contributed by atoms with van der Waals surface area (Å²) in [7, 11) is 6.40. The summed E-state index contributed by atoms with van der Waals surface area (Å²) in [6, 6.07) is 16.2. The Balaban J connectivity index is 0.000000321. The van der Waals surface area contributed by atoms with Gasteiger partial charge in [-0.15, -0.1) is 0 Å². The van der Waals surface area contributed by atoms with Gasteiger partial charge >= 0.3 is 0 Å². The number of benzene rings is 3. The van der Waals surface area contributed by atoms with E-state index < -0.39 is 5.41 Å². The third-order valence-corrected chi connectivity index (χ3v) is 9.51. The first-order valence-electron chi connectivity index (χ1n) is 19.2. The van der Waals surface area contributed by atoms with Crippen LogP contribution >= 0.6 is 15.9 Å². The lowest BCUT2D eigenvalue weighted by Crippen LogP contribution is -2.27. The number of ether oxygens (including phenoxy) is 13. The fourth-order valence-corrected chi connectivity index (χ4v) is 6.18. The minimum absolute atomic E-state index is 0.0185. The third-order valence-electron chi connectivity index (χ3n) is 8.51. The Labute approximate surface area is 361 Å². The van der Waals surface area contributed by atoms with E-state index in [-0.39, 0.29) is 38.7 Å².